The minimum atomic E-state index is -3.63. The monoisotopic (exact) mass is 430 g/mol. The summed E-state index contributed by atoms with van der Waals surface area (Å²) in [5, 5.41) is 3.07. The van der Waals surface area contributed by atoms with Crippen LogP contribution >= 0.6 is 0 Å². The van der Waals surface area contributed by atoms with Gasteiger partial charge in [0.25, 0.3) is 0 Å². The lowest BCUT2D eigenvalue weighted by Crippen LogP contribution is -2.47. The molecule has 3 rings (SSSR count). The molecular weight excluding hydrogens is 400 g/mol. The van der Waals surface area contributed by atoms with Crippen molar-refractivity contribution in [1.29, 1.82) is 0 Å². The number of ether oxygens (including phenoxy) is 1. The lowest BCUT2D eigenvalue weighted by molar-refractivity contribution is -0.126. The molecule has 2 atom stereocenters. The number of sulfonamides is 1. The number of benzene rings is 2. The summed E-state index contributed by atoms with van der Waals surface area (Å²) in [4.78, 5) is 13.0. The number of carbonyl (C=O) groups excluding carboxylic acids is 1. The molecule has 1 amide bonds. The van der Waals surface area contributed by atoms with Gasteiger partial charge >= 0.3 is 0 Å². The van der Waals surface area contributed by atoms with Gasteiger partial charge in [-0.15, -0.1) is 0 Å². The topological polar surface area (TPSA) is 75.7 Å². The Hall–Kier alpha value is -2.38. The van der Waals surface area contributed by atoms with E-state index in [1.54, 1.807) is 24.3 Å². The van der Waals surface area contributed by atoms with Gasteiger partial charge in [0, 0.05) is 19.1 Å². The Morgan fingerprint density at radius 1 is 1.17 bits per heavy atom. The van der Waals surface area contributed by atoms with Crippen molar-refractivity contribution < 1.29 is 17.9 Å². The first-order valence-corrected chi connectivity index (χ1v) is 11.8. The van der Waals surface area contributed by atoms with E-state index in [0.717, 1.165) is 12.8 Å². The molecule has 0 aliphatic carbocycles. The molecule has 0 aromatic heterocycles. The van der Waals surface area contributed by atoms with Crippen LogP contribution in [0.5, 0.6) is 5.75 Å². The number of piperidine rings is 1. The Morgan fingerprint density at radius 2 is 1.87 bits per heavy atom. The molecule has 0 unspecified atom stereocenters. The highest BCUT2D eigenvalue weighted by Gasteiger charge is 2.33. The number of nitrogens with zero attached hydrogens (tertiary/aromatic N) is 1. The normalized spacial score (nSPS) is 18.5. The lowest BCUT2D eigenvalue weighted by atomic mass is 9.98. The Morgan fingerprint density at radius 3 is 2.53 bits per heavy atom. The lowest BCUT2D eigenvalue weighted by Gasteiger charge is -2.32. The summed E-state index contributed by atoms with van der Waals surface area (Å²) < 4.78 is 32.5. The summed E-state index contributed by atoms with van der Waals surface area (Å²) >= 11 is 0. The maximum Gasteiger partial charge on any atom is 0.243 e. The fraction of sp³-hybridized carbons (Fsp3) is 0.435. The summed E-state index contributed by atoms with van der Waals surface area (Å²) in [6.45, 7) is 2.64. The van der Waals surface area contributed by atoms with Crippen molar-refractivity contribution in [2.75, 3.05) is 20.2 Å². The van der Waals surface area contributed by atoms with E-state index in [0.29, 0.717) is 25.1 Å². The van der Waals surface area contributed by atoms with Gasteiger partial charge in [0.1, 0.15) is 5.75 Å². The van der Waals surface area contributed by atoms with Gasteiger partial charge in [0.2, 0.25) is 15.9 Å². The van der Waals surface area contributed by atoms with Crippen molar-refractivity contribution in [3.63, 3.8) is 0 Å². The minimum Gasteiger partial charge on any atom is -0.497 e. The molecule has 2 aromatic rings. The van der Waals surface area contributed by atoms with Crippen molar-refractivity contribution in [3.8, 4) is 5.75 Å². The van der Waals surface area contributed by atoms with Gasteiger partial charge in [-0.25, -0.2) is 8.42 Å². The molecule has 0 radical (unpaired) electrons. The number of aryl methyl sites for hydroxylation is 1. The first-order valence-electron chi connectivity index (χ1n) is 10.4. The zero-order chi connectivity index (χ0) is 21.6. The second-order valence-electron chi connectivity index (χ2n) is 7.81. The van der Waals surface area contributed by atoms with Crippen molar-refractivity contribution in [1.82, 2.24) is 9.62 Å². The summed E-state index contributed by atoms with van der Waals surface area (Å²) in [5.74, 6) is 0.213. The number of hydrogen-bond donors (Lipinski definition) is 1. The third-order valence-electron chi connectivity index (χ3n) is 5.55. The minimum absolute atomic E-state index is 0.0336. The van der Waals surface area contributed by atoms with Crippen molar-refractivity contribution >= 4 is 15.9 Å². The van der Waals surface area contributed by atoms with Gasteiger partial charge in [-0.1, -0.05) is 30.3 Å². The Labute approximate surface area is 179 Å². The predicted molar refractivity (Wildman–Crippen MR) is 117 cm³/mol. The molecule has 1 heterocycles. The van der Waals surface area contributed by atoms with Gasteiger partial charge < -0.3 is 10.1 Å². The van der Waals surface area contributed by atoms with E-state index in [-0.39, 0.29) is 29.3 Å². The molecule has 1 aliphatic heterocycles. The van der Waals surface area contributed by atoms with E-state index in [4.69, 9.17) is 4.74 Å². The second-order valence-corrected chi connectivity index (χ2v) is 9.75. The number of nitrogens with one attached hydrogen (secondary N) is 1. The van der Waals surface area contributed by atoms with Crippen LogP contribution in [0.2, 0.25) is 0 Å². The van der Waals surface area contributed by atoms with Crippen molar-refractivity contribution in [3.05, 3.63) is 60.2 Å². The molecule has 0 bridgehead atoms. The molecule has 1 saturated heterocycles. The smallest absolute Gasteiger partial charge is 0.243 e. The standard InChI is InChI=1S/C23H30N2O4S/c1-18(10-11-19-7-4-3-5-8-19)24-23(26)20-9-6-16-25(17-20)30(27,28)22-14-12-21(29-2)13-15-22/h3-5,7-8,12-15,18,20H,6,9-11,16-17H2,1-2H3,(H,24,26)/t18-,20-/m1/s1. The molecule has 162 valence electrons. The highest BCUT2D eigenvalue weighted by atomic mass is 32.2. The molecule has 1 fully saturated rings. The van der Waals surface area contributed by atoms with Gasteiger partial charge in [-0.05, 0) is 62.4 Å². The van der Waals surface area contributed by atoms with Gasteiger partial charge in [-0.2, -0.15) is 4.31 Å². The molecule has 1 N–H and O–H groups in total. The first-order chi connectivity index (χ1) is 14.4. The Balaban J connectivity index is 1.57. The van der Waals surface area contributed by atoms with Crippen LogP contribution < -0.4 is 10.1 Å². The van der Waals surface area contributed by atoms with E-state index in [9.17, 15) is 13.2 Å². The molecular formula is C23H30N2O4S. The third kappa shape index (κ3) is 5.61. The van der Waals surface area contributed by atoms with Crippen LogP contribution in [0, 0.1) is 5.92 Å². The number of methoxy groups -OCH3 is 1. The average Bonchev–Trinajstić information content (AvgIpc) is 2.78. The highest BCUT2D eigenvalue weighted by molar-refractivity contribution is 7.89. The zero-order valence-electron chi connectivity index (χ0n) is 17.6. The fourth-order valence-electron chi connectivity index (χ4n) is 3.73. The summed E-state index contributed by atoms with van der Waals surface area (Å²) in [6.07, 6.45) is 3.11. The van der Waals surface area contributed by atoms with E-state index in [2.05, 4.69) is 17.4 Å². The number of amides is 1. The van der Waals surface area contributed by atoms with Gasteiger partial charge in [-0.3, -0.25) is 4.79 Å². The molecule has 0 spiro atoms. The maximum atomic E-state index is 13.0. The molecule has 2 aromatic carbocycles. The highest BCUT2D eigenvalue weighted by Crippen LogP contribution is 2.25. The van der Waals surface area contributed by atoms with Gasteiger partial charge in [0.05, 0.1) is 17.9 Å². The van der Waals surface area contributed by atoms with Gasteiger partial charge in [0.15, 0.2) is 0 Å². The van der Waals surface area contributed by atoms with Crippen LogP contribution in [0.3, 0.4) is 0 Å². The first kappa shape index (κ1) is 22.3. The number of rotatable bonds is 8. The van der Waals surface area contributed by atoms with E-state index < -0.39 is 10.0 Å². The largest absolute Gasteiger partial charge is 0.497 e. The SMILES string of the molecule is COc1ccc(S(=O)(=O)N2CCC[C@@H](C(=O)N[C@H](C)CCc3ccccc3)C2)cc1. The van der Waals surface area contributed by atoms with Crippen molar-refractivity contribution in [2.24, 2.45) is 5.92 Å². The number of hydrogen-bond acceptors (Lipinski definition) is 4. The molecule has 30 heavy (non-hydrogen) atoms. The predicted octanol–water partition coefficient (Wildman–Crippen LogP) is 3.23. The van der Waals surface area contributed by atoms with Crippen LogP contribution in [0.1, 0.15) is 31.7 Å². The fourth-order valence-corrected chi connectivity index (χ4v) is 5.26. The molecule has 6 nitrogen and oxygen atoms in total. The Bertz CT molecular complexity index is 929. The molecule has 0 saturated carbocycles. The van der Waals surface area contributed by atoms with Crippen LogP contribution in [-0.2, 0) is 21.2 Å². The Kier molecular flexibility index (Phi) is 7.50. The summed E-state index contributed by atoms with van der Waals surface area (Å²) in [5.41, 5.74) is 1.24. The maximum absolute atomic E-state index is 13.0. The van der Waals surface area contributed by atoms with Crippen LogP contribution in [-0.4, -0.2) is 44.9 Å². The van der Waals surface area contributed by atoms with E-state index in [1.807, 2.05) is 25.1 Å². The second kappa shape index (κ2) is 10.1. The quantitative estimate of drug-likeness (QED) is 0.698. The summed E-state index contributed by atoms with van der Waals surface area (Å²) in [7, 11) is -2.09. The van der Waals surface area contributed by atoms with Crippen LogP contribution in [0.4, 0.5) is 0 Å². The molecule has 1 aliphatic rings. The van der Waals surface area contributed by atoms with Crippen molar-refractivity contribution in [2.45, 2.75) is 43.5 Å². The summed E-state index contributed by atoms with van der Waals surface area (Å²) in [6, 6.07) is 16.6. The van der Waals surface area contributed by atoms with E-state index in [1.165, 1.54) is 17.0 Å². The van der Waals surface area contributed by atoms with E-state index >= 15 is 0 Å². The van der Waals surface area contributed by atoms with Crippen LogP contribution in [0.15, 0.2) is 59.5 Å². The van der Waals surface area contributed by atoms with Crippen LogP contribution in [0.25, 0.3) is 0 Å². The zero-order valence-corrected chi connectivity index (χ0v) is 18.4. The number of carbonyl (C=O) groups is 1. The molecule has 7 heteroatoms. The average molecular weight is 431 g/mol. The third-order valence-corrected chi connectivity index (χ3v) is 7.43.